The van der Waals surface area contributed by atoms with Gasteiger partial charge in [-0.1, -0.05) is 52.0 Å². The summed E-state index contributed by atoms with van der Waals surface area (Å²) in [5.74, 6) is 0.573. The second-order valence-electron chi connectivity index (χ2n) is 5.78. The third-order valence-electron chi connectivity index (χ3n) is 3.83. The lowest BCUT2D eigenvalue weighted by Gasteiger charge is -2.04. The van der Waals surface area contributed by atoms with Crippen molar-refractivity contribution >= 4 is 50.1 Å². The fourth-order valence-electron chi connectivity index (χ4n) is 2.45. The Morgan fingerprint density at radius 1 is 1.21 bits per heavy atom. The highest BCUT2D eigenvalue weighted by atomic mass is 79.9. The molecule has 140 valence electrons. The maximum Gasteiger partial charge on any atom is 0.257 e. The highest BCUT2D eigenvalue weighted by Gasteiger charge is 2.10. The Labute approximate surface area is 178 Å². The lowest BCUT2D eigenvalue weighted by Crippen LogP contribution is -2.11. The van der Waals surface area contributed by atoms with Crippen molar-refractivity contribution in [1.82, 2.24) is 20.2 Å². The summed E-state index contributed by atoms with van der Waals surface area (Å²) in [6.45, 7) is 0. The Balaban J connectivity index is 1.38. The van der Waals surface area contributed by atoms with Crippen molar-refractivity contribution in [2.24, 2.45) is 0 Å². The molecule has 0 unspecified atom stereocenters. The van der Waals surface area contributed by atoms with Gasteiger partial charge >= 0.3 is 0 Å². The second-order valence-corrected chi connectivity index (χ2v) is 8.52. The van der Waals surface area contributed by atoms with Crippen LogP contribution in [0.1, 0.15) is 15.9 Å². The first kappa shape index (κ1) is 18.9. The molecular weight excluding hydrogens is 458 g/mol. The molecule has 0 aliphatic rings. The monoisotopic (exact) mass is 471 g/mol. The molecule has 0 atom stereocenters. The third-order valence-corrected chi connectivity index (χ3v) is 6.03. The molecule has 0 fully saturated rings. The van der Waals surface area contributed by atoms with Gasteiger partial charge in [-0.3, -0.25) is 15.2 Å². The molecule has 0 aliphatic heterocycles. The van der Waals surface area contributed by atoms with E-state index in [2.05, 4.69) is 41.4 Å². The topological polar surface area (TPSA) is 83.6 Å². The largest absolute Gasteiger partial charge is 0.298 e. The average Bonchev–Trinajstić information content (AvgIpc) is 3.39. The number of rotatable bonds is 6. The molecule has 6 nitrogen and oxygen atoms in total. The summed E-state index contributed by atoms with van der Waals surface area (Å²) in [4.78, 5) is 21.1. The standard InChI is InChI=1S/C19H14BrN5OS2/c20-15-3-1-2-14(8-15)16-10-28-19(23-16)24-17(26)13-6-4-12(5-7-13)9-27-18-21-11-22-25-18/h1-8,10-11H,9H2,(H,21,22,25)(H,23,24,26). The van der Waals surface area contributed by atoms with Crippen LogP contribution in [0.3, 0.4) is 0 Å². The predicted octanol–water partition coefficient (Wildman–Crippen LogP) is 5.24. The van der Waals surface area contributed by atoms with Crippen LogP contribution in [0.25, 0.3) is 11.3 Å². The SMILES string of the molecule is O=C(Nc1nc(-c2cccc(Br)c2)cs1)c1ccc(CSc2ncn[nH]2)cc1. The van der Waals surface area contributed by atoms with Crippen molar-refractivity contribution in [3.63, 3.8) is 0 Å². The Bertz CT molecular complexity index is 1080. The summed E-state index contributed by atoms with van der Waals surface area (Å²) < 4.78 is 0.991. The van der Waals surface area contributed by atoms with Crippen molar-refractivity contribution in [3.05, 3.63) is 75.8 Å². The first-order valence-corrected chi connectivity index (χ1v) is 10.9. The van der Waals surface area contributed by atoms with Gasteiger partial charge in [-0.15, -0.1) is 11.3 Å². The first-order valence-electron chi connectivity index (χ1n) is 8.27. The number of H-pyrrole nitrogens is 1. The van der Waals surface area contributed by atoms with Crippen LogP contribution < -0.4 is 5.32 Å². The predicted molar refractivity (Wildman–Crippen MR) is 116 cm³/mol. The lowest BCUT2D eigenvalue weighted by molar-refractivity contribution is 0.102. The second kappa shape index (κ2) is 8.68. The van der Waals surface area contributed by atoms with Crippen LogP contribution in [0.4, 0.5) is 5.13 Å². The minimum atomic E-state index is -0.176. The van der Waals surface area contributed by atoms with Crippen LogP contribution in [-0.2, 0) is 5.75 Å². The zero-order valence-electron chi connectivity index (χ0n) is 14.4. The number of carbonyl (C=O) groups excluding carboxylic acids is 1. The van der Waals surface area contributed by atoms with Gasteiger partial charge in [0, 0.05) is 26.7 Å². The van der Waals surface area contributed by atoms with Gasteiger partial charge in [-0.2, -0.15) is 5.10 Å². The number of thioether (sulfide) groups is 1. The zero-order valence-corrected chi connectivity index (χ0v) is 17.6. The summed E-state index contributed by atoms with van der Waals surface area (Å²) in [7, 11) is 0. The molecular formula is C19H14BrN5OS2. The number of amides is 1. The Morgan fingerprint density at radius 3 is 2.82 bits per heavy atom. The number of hydrogen-bond acceptors (Lipinski definition) is 6. The van der Waals surface area contributed by atoms with Gasteiger partial charge in [0.2, 0.25) is 0 Å². The number of hydrogen-bond donors (Lipinski definition) is 2. The summed E-state index contributed by atoms with van der Waals surface area (Å²) >= 11 is 6.42. The van der Waals surface area contributed by atoms with Gasteiger partial charge < -0.3 is 0 Å². The quantitative estimate of drug-likeness (QED) is 0.375. The molecule has 2 aromatic heterocycles. The van der Waals surface area contributed by atoms with E-state index in [9.17, 15) is 4.79 Å². The van der Waals surface area contributed by atoms with Crippen LogP contribution in [0.5, 0.6) is 0 Å². The summed E-state index contributed by atoms with van der Waals surface area (Å²) in [5.41, 5.74) is 3.53. The van der Waals surface area contributed by atoms with Crippen molar-refractivity contribution < 1.29 is 4.79 Å². The molecule has 4 rings (SSSR count). The minimum Gasteiger partial charge on any atom is -0.298 e. The number of thiazole rings is 1. The molecule has 0 saturated heterocycles. The molecule has 0 saturated carbocycles. The molecule has 0 radical (unpaired) electrons. The normalized spacial score (nSPS) is 10.8. The van der Waals surface area contributed by atoms with Gasteiger partial charge in [0.15, 0.2) is 10.3 Å². The third kappa shape index (κ3) is 4.67. The minimum absolute atomic E-state index is 0.176. The summed E-state index contributed by atoms with van der Waals surface area (Å²) in [6.07, 6.45) is 1.48. The van der Waals surface area contributed by atoms with E-state index in [0.717, 1.165) is 32.2 Å². The van der Waals surface area contributed by atoms with Gasteiger partial charge in [0.25, 0.3) is 5.91 Å². The molecule has 2 N–H and O–H groups in total. The summed E-state index contributed by atoms with van der Waals surface area (Å²) in [6, 6.07) is 15.4. The lowest BCUT2D eigenvalue weighted by atomic mass is 10.1. The van der Waals surface area contributed by atoms with Crippen molar-refractivity contribution in [2.45, 2.75) is 10.9 Å². The molecule has 4 aromatic rings. The van der Waals surface area contributed by atoms with Crippen LogP contribution in [-0.4, -0.2) is 26.1 Å². The number of halogens is 1. The van der Waals surface area contributed by atoms with Crippen LogP contribution in [0.2, 0.25) is 0 Å². The smallest absolute Gasteiger partial charge is 0.257 e. The maximum absolute atomic E-state index is 12.5. The number of aromatic amines is 1. The van der Waals surface area contributed by atoms with Gasteiger partial charge in [-0.05, 0) is 29.8 Å². The highest BCUT2D eigenvalue weighted by Crippen LogP contribution is 2.27. The van der Waals surface area contributed by atoms with E-state index in [4.69, 9.17) is 0 Å². The Hall–Kier alpha value is -2.49. The fraction of sp³-hybridized carbons (Fsp3) is 0.0526. The van der Waals surface area contributed by atoms with E-state index < -0.39 is 0 Å². The average molecular weight is 472 g/mol. The van der Waals surface area contributed by atoms with Crippen molar-refractivity contribution in [2.75, 3.05) is 5.32 Å². The van der Waals surface area contributed by atoms with Crippen LogP contribution in [0.15, 0.2) is 69.9 Å². The molecule has 0 spiro atoms. The van der Waals surface area contributed by atoms with E-state index in [1.54, 1.807) is 11.8 Å². The maximum atomic E-state index is 12.5. The van der Waals surface area contributed by atoms with E-state index in [-0.39, 0.29) is 5.91 Å². The Kier molecular flexibility index (Phi) is 5.84. The number of benzene rings is 2. The molecule has 2 aromatic carbocycles. The van der Waals surface area contributed by atoms with E-state index in [1.807, 2.05) is 53.9 Å². The van der Waals surface area contributed by atoms with Gasteiger partial charge in [-0.25, -0.2) is 9.97 Å². The molecule has 0 aliphatic carbocycles. The number of nitrogens with one attached hydrogen (secondary N) is 2. The number of carbonyl (C=O) groups is 1. The van der Waals surface area contributed by atoms with Crippen LogP contribution in [0, 0.1) is 0 Å². The van der Waals surface area contributed by atoms with E-state index in [1.165, 1.54) is 17.7 Å². The molecule has 0 bridgehead atoms. The van der Waals surface area contributed by atoms with Crippen molar-refractivity contribution in [1.29, 1.82) is 0 Å². The van der Waals surface area contributed by atoms with Gasteiger partial charge in [0.05, 0.1) is 5.69 Å². The molecule has 1 amide bonds. The highest BCUT2D eigenvalue weighted by molar-refractivity contribution is 9.10. The zero-order chi connectivity index (χ0) is 19.3. The van der Waals surface area contributed by atoms with Crippen LogP contribution >= 0.6 is 39.0 Å². The first-order chi connectivity index (χ1) is 13.7. The molecule has 28 heavy (non-hydrogen) atoms. The van der Waals surface area contributed by atoms with E-state index >= 15 is 0 Å². The molecule has 9 heteroatoms. The fourth-order valence-corrected chi connectivity index (χ4v) is 4.30. The number of anilines is 1. The summed E-state index contributed by atoms with van der Waals surface area (Å²) in [5, 5.41) is 12.8. The number of nitrogens with zero attached hydrogens (tertiary/aromatic N) is 3. The molecule has 2 heterocycles. The van der Waals surface area contributed by atoms with Gasteiger partial charge in [0.1, 0.15) is 6.33 Å². The Morgan fingerprint density at radius 2 is 2.07 bits per heavy atom. The van der Waals surface area contributed by atoms with E-state index in [0.29, 0.717) is 10.7 Å². The van der Waals surface area contributed by atoms with Crippen molar-refractivity contribution in [3.8, 4) is 11.3 Å². The number of aromatic nitrogens is 4.